The molecule has 2 rings (SSSR count). The highest BCUT2D eigenvalue weighted by atomic mass is 35.5. The fourth-order valence-corrected chi connectivity index (χ4v) is 2.21. The van der Waals surface area contributed by atoms with Crippen LogP contribution in [0.15, 0.2) is 30.3 Å². The molecule has 1 amide bonds. The quantitative estimate of drug-likeness (QED) is 0.924. The summed E-state index contributed by atoms with van der Waals surface area (Å²) in [4.78, 5) is 13.5. The summed E-state index contributed by atoms with van der Waals surface area (Å²) in [6, 6.07) is 9.03. The number of nitrogens with zero attached hydrogens (tertiary/aromatic N) is 1. The molecule has 1 aromatic carbocycles. The van der Waals surface area contributed by atoms with Gasteiger partial charge >= 0.3 is 0 Å². The van der Waals surface area contributed by atoms with Gasteiger partial charge in [0.1, 0.15) is 0 Å². The number of benzene rings is 1. The van der Waals surface area contributed by atoms with Gasteiger partial charge in [0.15, 0.2) is 0 Å². The molecule has 0 spiro atoms. The summed E-state index contributed by atoms with van der Waals surface area (Å²) >= 11 is 0. The Bertz CT molecular complexity index is 442. The van der Waals surface area contributed by atoms with Crippen molar-refractivity contribution in [3.63, 3.8) is 0 Å². The minimum absolute atomic E-state index is 0. The molecule has 0 aromatic heterocycles. The Kier molecular flexibility index (Phi) is 5.89. The van der Waals surface area contributed by atoms with Crippen molar-refractivity contribution in [1.29, 1.82) is 0 Å². The van der Waals surface area contributed by atoms with Crippen LogP contribution in [0.3, 0.4) is 0 Å². The van der Waals surface area contributed by atoms with Gasteiger partial charge in [-0.05, 0) is 12.0 Å². The largest absolute Gasteiger partial charge is 0.344 e. The van der Waals surface area contributed by atoms with Crippen LogP contribution in [0.1, 0.15) is 12.0 Å². The monoisotopic (exact) mass is 304 g/mol. The smallest absolute Gasteiger partial charge is 0.262 e. The lowest BCUT2D eigenvalue weighted by molar-refractivity contribution is -0.132. The first kappa shape index (κ1) is 16.9. The second-order valence-corrected chi connectivity index (χ2v) is 4.99. The maximum atomic E-state index is 13.0. The van der Waals surface area contributed by atoms with Gasteiger partial charge < -0.3 is 4.90 Å². The minimum atomic E-state index is -2.76. The highest BCUT2D eigenvalue weighted by Gasteiger charge is 2.42. The lowest BCUT2D eigenvalue weighted by Gasteiger charge is -2.21. The van der Waals surface area contributed by atoms with Crippen LogP contribution in [0.4, 0.5) is 8.78 Å². The van der Waals surface area contributed by atoms with Crippen molar-refractivity contribution in [1.82, 2.24) is 10.2 Å². The normalized spacial score (nSPS) is 20.2. The third-order valence-corrected chi connectivity index (χ3v) is 3.36. The first-order chi connectivity index (χ1) is 8.98. The van der Waals surface area contributed by atoms with E-state index in [1.165, 1.54) is 4.90 Å². The predicted octanol–water partition coefficient (Wildman–Crippen LogP) is 2.11. The Morgan fingerprint density at radius 3 is 2.60 bits per heavy atom. The fourth-order valence-electron chi connectivity index (χ4n) is 2.21. The van der Waals surface area contributed by atoms with E-state index in [4.69, 9.17) is 0 Å². The van der Waals surface area contributed by atoms with Gasteiger partial charge in [0, 0.05) is 20.0 Å². The van der Waals surface area contributed by atoms with Gasteiger partial charge in [-0.3, -0.25) is 10.1 Å². The molecule has 1 N–H and O–H groups in total. The van der Waals surface area contributed by atoms with Gasteiger partial charge in [-0.15, -0.1) is 12.4 Å². The van der Waals surface area contributed by atoms with Crippen molar-refractivity contribution in [2.75, 3.05) is 20.1 Å². The number of carbonyl (C=O) groups excluding carboxylic acids is 1. The molecule has 0 aliphatic carbocycles. The predicted molar refractivity (Wildman–Crippen MR) is 76.4 cm³/mol. The van der Waals surface area contributed by atoms with Gasteiger partial charge in [0.25, 0.3) is 5.92 Å². The first-order valence-electron chi connectivity index (χ1n) is 6.38. The molecule has 1 aromatic rings. The number of hydrogen-bond acceptors (Lipinski definition) is 2. The van der Waals surface area contributed by atoms with Crippen LogP contribution >= 0.6 is 12.4 Å². The molecule has 1 heterocycles. The minimum Gasteiger partial charge on any atom is -0.344 e. The Morgan fingerprint density at radius 2 is 2.05 bits per heavy atom. The van der Waals surface area contributed by atoms with Gasteiger partial charge in [-0.2, -0.15) is 0 Å². The maximum absolute atomic E-state index is 13.0. The van der Waals surface area contributed by atoms with E-state index in [1.54, 1.807) is 7.05 Å². The standard InChI is InChI=1S/C14H18F2N2O.ClH/c1-18(8-7-11-5-3-2-4-6-11)13(19)12-9-14(15,16)10-17-12;/h2-6,12,17H,7-10H2,1H3;1H. The zero-order valence-electron chi connectivity index (χ0n) is 11.3. The van der Waals surface area contributed by atoms with Gasteiger partial charge in [-0.1, -0.05) is 30.3 Å². The average Bonchev–Trinajstić information content (AvgIpc) is 2.76. The number of alkyl halides is 2. The summed E-state index contributed by atoms with van der Waals surface area (Å²) in [5, 5.41) is 2.58. The summed E-state index contributed by atoms with van der Waals surface area (Å²) in [5.41, 5.74) is 1.13. The molecule has 0 saturated carbocycles. The zero-order valence-corrected chi connectivity index (χ0v) is 12.1. The van der Waals surface area contributed by atoms with Crippen molar-refractivity contribution in [2.24, 2.45) is 0 Å². The molecule has 1 fully saturated rings. The number of hydrogen-bond donors (Lipinski definition) is 1. The lowest BCUT2D eigenvalue weighted by Crippen LogP contribution is -2.42. The highest BCUT2D eigenvalue weighted by molar-refractivity contribution is 5.85. The molecular formula is C14H19ClF2N2O. The maximum Gasteiger partial charge on any atom is 0.262 e. The summed E-state index contributed by atoms with van der Waals surface area (Å²) in [7, 11) is 1.66. The molecule has 3 nitrogen and oxygen atoms in total. The van der Waals surface area contributed by atoms with Gasteiger partial charge in [0.05, 0.1) is 12.6 Å². The summed E-state index contributed by atoms with van der Waals surface area (Å²) < 4.78 is 26.1. The second kappa shape index (κ2) is 6.99. The Hall–Kier alpha value is -1.20. The van der Waals surface area contributed by atoms with E-state index in [9.17, 15) is 13.6 Å². The summed E-state index contributed by atoms with van der Waals surface area (Å²) in [5.74, 6) is -3.02. The molecule has 1 unspecified atom stereocenters. The van der Waals surface area contributed by atoms with E-state index in [2.05, 4.69) is 5.32 Å². The average molecular weight is 305 g/mol. The number of amides is 1. The van der Waals surface area contributed by atoms with Crippen molar-refractivity contribution in [3.05, 3.63) is 35.9 Å². The number of carbonyl (C=O) groups is 1. The molecule has 0 bridgehead atoms. The number of rotatable bonds is 4. The van der Waals surface area contributed by atoms with E-state index < -0.39 is 24.9 Å². The van der Waals surface area contributed by atoms with Gasteiger partial charge in [0.2, 0.25) is 5.91 Å². The third-order valence-electron chi connectivity index (χ3n) is 3.36. The van der Waals surface area contributed by atoms with E-state index >= 15 is 0 Å². The lowest BCUT2D eigenvalue weighted by atomic mass is 10.1. The topological polar surface area (TPSA) is 32.3 Å². The molecule has 1 aliphatic heterocycles. The van der Waals surface area contributed by atoms with Crippen LogP contribution in [0.2, 0.25) is 0 Å². The fraction of sp³-hybridized carbons (Fsp3) is 0.500. The van der Waals surface area contributed by atoms with Crippen molar-refractivity contribution in [2.45, 2.75) is 24.8 Å². The molecule has 112 valence electrons. The Morgan fingerprint density at radius 1 is 1.40 bits per heavy atom. The number of likely N-dealkylation sites (N-methyl/N-ethyl adjacent to an activating group) is 1. The van der Waals surface area contributed by atoms with Crippen molar-refractivity contribution < 1.29 is 13.6 Å². The van der Waals surface area contributed by atoms with Crippen LogP contribution in [-0.4, -0.2) is 42.9 Å². The van der Waals surface area contributed by atoms with Crippen LogP contribution in [0, 0.1) is 0 Å². The molecular weight excluding hydrogens is 286 g/mol. The summed E-state index contributed by atoms with van der Waals surface area (Å²) in [6.45, 7) is 0.128. The van der Waals surface area contributed by atoms with E-state index in [-0.39, 0.29) is 18.3 Å². The molecule has 1 aliphatic rings. The zero-order chi connectivity index (χ0) is 13.9. The SMILES string of the molecule is CN(CCc1ccccc1)C(=O)C1CC(F)(F)CN1.Cl. The molecule has 0 radical (unpaired) electrons. The van der Waals surface area contributed by atoms with Crippen molar-refractivity contribution >= 4 is 18.3 Å². The molecule has 1 atom stereocenters. The van der Waals surface area contributed by atoms with Crippen LogP contribution < -0.4 is 5.32 Å². The number of nitrogens with one attached hydrogen (secondary N) is 1. The Balaban J connectivity index is 0.00000200. The van der Waals surface area contributed by atoms with E-state index in [1.807, 2.05) is 30.3 Å². The van der Waals surface area contributed by atoms with Crippen molar-refractivity contribution in [3.8, 4) is 0 Å². The van der Waals surface area contributed by atoms with Crippen LogP contribution in [-0.2, 0) is 11.2 Å². The highest BCUT2D eigenvalue weighted by Crippen LogP contribution is 2.25. The summed E-state index contributed by atoms with van der Waals surface area (Å²) in [6.07, 6.45) is 0.327. The molecule has 1 saturated heterocycles. The first-order valence-corrected chi connectivity index (χ1v) is 6.38. The second-order valence-electron chi connectivity index (χ2n) is 4.99. The van der Waals surface area contributed by atoms with E-state index in [0.717, 1.165) is 12.0 Å². The molecule has 6 heteroatoms. The number of halogens is 3. The van der Waals surface area contributed by atoms with Gasteiger partial charge in [-0.25, -0.2) is 8.78 Å². The third kappa shape index (κ3) is 4.42. The van der Waals surface area contributed by atoms with Crippen LogP contribution in [0.5, 0.6) is 0 Å². The van der Waals surface area contributed by atoms with E-state index in [0.29, 0.717) is 6.54 Å². The van der Waals surface area contributed by atoms with Crippen LogP contribution in [0.25, 0.3) is 0 Å². The Labute approximate surface area is 123 Å². The molecule has 20 heavy (non-hydrogen) atoms.